The molecule has 0 aliphatic carbocycles. The van der Waals surface area contributed by atoms with Crippen LogP contribution in [0.1, 0.15) is 12.0 Å². The van der Waals surface area contributed by atoms with Gasteiger partial charge in [0.2, 0.25) is 5.91 Å². The van der Waals surface area contributed by atoms with Crippen molar-refractivity contribution in [2.75, 3.05) is 38.5 Å². The Kier molecular flexibility index (Phi) is 4.93. The van der Waals surface area contributed by atoms with Crippen molar-refractivity contribution in [3.63, 3.8) is 0 Å². The fraction of sp³-hybridized carbons (Fsp3) is 0.533. The summed E-state index contributed by atoms with van der Waals surface area (Å²) in [5.74, 6) is 0.757. The van der Waals surface area contributed by atoms with Gasteiger partial charge in [0, 0.05) is 12.2 Å². The predicted octanol–water partition coefficient (Wildman–Crippen LogP) is 1.47. The molecular formula is C15H23N3O. The van der Waals surface area contributed by atoms with Crippen LogP contribution in [0.2, 0.25) is 0 Å². The molecule has 2 rings (SSSR count). The van der Waals surface area contributed by atoms with E-state index in [0.717, 1.165) is 30.9 Å². The minimum atomic E-state index is 0.0794. The topological polar surface area (TPSA) is 44.4 Å². The van der Waals surface area contributed by atoms with Gasteiger partial charge in [-0.25, -0.2) is 0 Å². The van der Waals surface area contributed by atoms with Crippen LogP contribution in [0.15, 0.2) is 24.3 Å². The lowest BCUT2D eigenvalue weighted by Gasteiger charge is -2.15. The number of aryl methyl sites for hydroxylation is 1. The van der Waals surface area contributed by atoms with Gasteiger partial charge in [-0.3, -0.25) is 9.69 Å². The molecule has 0 aromatic heterocycles. The first-order chi connectivity index (χ1) is 9.17. The molecule has 4 heteroatoms. The summed E-state index contributed by atoms with van der Waals surface area (Å²) in [6.07, 6.45) is 1.18. The summed E-state index contributed by atoms with van der Waals surface area (Å²) < 4.78 is 0. The van der Waals surface area contributed by atoms with Crippen molar-refractivity contribution in [3.05, 3.63) is 29.8 Å². The molecule has 0 saturated carbocycles. The first kappa shape index (κ1) is 14.0. The van der Waals surface area contributed by atoms with E-state index >= 15 is 0 Å². The van der Waals surface area contributed by atoms with Gasteiger partial charge in [0.1, 0.15) is 0 Å². The average Bonchev–Trinajstić information content (AvgIpc) is 2.77. The van der Waals surface area contributed by atoms with Gasteiger partial charge < -0.3 is 10.6 Å². The summed E-state index contributed by atoms with van der Waals surface area (Å²) in [6, 6.07) is 7.91. The zero-order valence-corrected chi connectivity index (χ0v) is 11.8. The third-order valence-electron chi connectivity index (χ3n) is 3.53. The van der Waals surface area contributed by atoms with Crippen LogP contribution < -0.4 is 10.6 Å². The van der Waals surface area contributed by atoms with Crippen LogP contribution >= 0.6 is 0 Å². The van der Waals surface area contributed by atoms with Gasteiger partial charge in [-0.15, -0.1) is 0 Å². The summed E-state index contributed by atoms with van der Waals surface area (Å²) in [7, 11) is 1.98. The lowest BCUT2D eigenvalue weighted by molar-refractivity contribution is -0.117. The number of hydrogen-bond acceptors (Lipinski definition) is 3. The van der Waals surface area contributed by atoms with Crippen LogP contribution in [0.5, 0.6) is 0 Å². The van der Waals surface area contributed by atoms with Crippen LogP contribution in [0.4, 0.5) is 5.69 Å². The molecule has 1 aromatic carbocycles. The van der Waals surface area contributed by atoms with Crippen LogP contribution in [0, 0.1) is 12.8 Å². The van der Waals surface area contributed by atoms with Crippen LogP contribution in [-0.2, 0) is 4.79 Å². The van der Waals surface area contributed by atoms with Crippen molar-refractivity contribution in [1.29, 1.82) is 0 Å². The molecule has 0 radical (unpaired) electrons. The largest absolute Gasteiger partial charge is 0.325 e. The van der Waals surface area contributed by atoms with E-state index in [-0.39, 0.29) is 5.91 Å². The van der Waals surface area contributed by atoms with Crippen LogP contribution in [0.3, 0.4) is 0 Å². The smallest absolute Gasteiger partial charge is 0.238 e. The van der Waals surface area contributed by atoms with Gasteiger partial charge >= 0.3 is 0 Å². The van der Waals surface area contributed by atoms with Crippen LogP contribution in [-0.4, -0.2) is 44.0 Å². The number of amides is 1. The molecule has 1 atom stereocenters. The standard InChI is InChI=1S/C15H23N3O/c1-12-4-3-5-14(8-12)17-15(19)11-18-7-6-13(10-18)9-16-2/h3-5,8,13,16H,6-7,9-11H2,1-2H3,(H,17,19). The predicted molar refractivity (Wildman–Crippen MR) is 78.3 cm³/mol. The van der Waals surface area contributed by atoms with Crippen molar-refractivity contribution in [3.8, 4) is 0 Å². The molecule has 104 valence electrons. The van der Waals surface area contributed by atoms with Gasteiger partial charge in [0.25, 0.3) is 0 Å². The minimum Gasteiger partial charge on any atom is -0.325 e. The molecule has 0 spiro atoms. The highest BCUT2D eigenvalue weighted by Crippen LogP contribution is 2.15. The van der Waals surface area contributed by atoms with Gasteiger partial charge in [-0.2, -0.15) is 0 Å². The maximum Gasteiger partial charge on any atom is 0.238 e. The van der Waals surface area contributed by atoms with E-state index in [0.29, 0.717) is 12.5 Å². The number of hydrogen-bond donors (Lipinski definition) is 2. The second kappa shape index (κ2) is 6.68. The highest BCUT2D eigenvalue weighted by atomic mass is 16.2. The lowest BCUT2D eigenvalue weighted by Crippen LogP contribution is -2.32. The molecule has 1 aliphatic heterocycles. The maximum absolute atomic E-state index is 12.0. The van der Waals surface area contributed by atoms with E-state index in [1.807, 2.05) is 38.2 Å². The zero-order valence-electron chi connectivity index (χ0n) is 11.8. The van der Waals surface area contributed by atoms with Crippen molar-refractivity contribution < 1.29 is 4.79 Å². The van der Waals surface area contributed by atoms with E-state index in [1.54, 1.807) is 0 Å². The zero-order chi connectivity index (χ0) is 13.7. The maximum atomic E-state index is 12.0. The molecule has 2 N–H and O–H groups in total. The first-order valence-corrected chi connectivity index (χ1v) is 6.91. The second-order valence-corrected chi connectivity index (χ2v) is 5.37. The molecule has 4 nitrogen and oxygen atoms in total. The van der Waals surface area contributed by atoms with E-state index in [4.69, 9.17) is 0 Å². The minimum absolute atomic E-state index is 0.0794. The Bertz CT molecular complexity index is 433. The summed E-state index contributed by atoms with van der Waals surface area (Å²) in [4.78, 5) is 14.2. The summed E-state index contributed by atoms with van der Waals surface area (Å²) in [6.45, 7) is 5.60. The van der Waals surface area contributed by atoms with E-state index in [9.17, 15) is 4.79 Å². The number of carbonyl (C=O) groups is 1. The van der Waals surface area contributed by atoms with Crippen molar-refractivity contribution in [1.82, 2.24) is 10.2 Å². The fourth-order valence-corrected chi connectivity index (χ4v) is 2.64. The van der Waals surface area contributed by atoms with E-state index in [1.165, 1.54) is 6.42 Å². The Balaban J connectivity index is 1.79. The third kappa shape index (κ3) is 4.33. The van der Waals surface area contributed by atoms with Crippen molar-refractivity contribution in [2.24, 2.45) is 5.92 Å². The number of nitrogens with zero attached hydrogens (tertiary/aromatic N) is 1. The molecular weight excluding hydrogens is 238 g/mol. The summed E-state index contributed by atoms with van der Waals surface area (Å²) >= 11 is 0. The highest BCUT2D eigenvalue weighted by molar-refractivity contribution is 5.92. The molecule has 1 aliphatic rings. The quantitative estimate of drug-likeness (QED) is 0.844. The third-order valence-corrected chi connectivity index (χ3v) is 3.53. The number of anilines is 1. The fourth-order valence-electron chi connectivity index (χ4n) is 2.64. The monoisotopic (exact) mass is 261 g/mol. The molecule has 1 amide bonds. The summed E-state index contributed by atoms with van der Waals surface area (Å²) in [5.41, 5.74) is 2.05. The molecule has 1 saturated heterocycles. The van der Waals surface area contributed by atoms with Gasteiger partial charge in [-0.1, -0.05) is 12.1 Å². The Labute approximate surface area is 115 Å². The number of rotatable bonds is 5. The molecule has 1 fully saturated rings. The normalized spacial score (nSPS) is 19.6. The molecule has 1 unspecified atom stereocenters. The lowest BCUT2D eigenvalue weighted by atomic mass is 10.1. The van der Waals surface area contributed by atoms with Gasteiger partial charge in [-0.05, 0) is 57.1 Å². The first-order valence-electron chi connectivity index (χ1n) is 6.91. The van der Waals surface area contributed by atoms with Crippen LogP contribution in [0.25, 0.3) is 0 Å². The Morgan fingerprint density at radius 3 is 3.05 bits per heavy atom. The Hall–Kier alpha value is -1.39. The van der Waals surface area contributed by atoms with Crippen molar-refractivity contribution >= 4 is 11.6 Å². The second-order valence-electron chi connectivity index (χ2n) is 5.37. The number of likely N-dealkylation sites (tertiary alicyclic amines) is 1. The Morgan fingerprint density at radius 1 is 1.47 bits per heavy atom. The highest BCUT2D eigenvalue weighted by Gasteiger charge is 2.23. The number of nitrogens with one attached hydrogen (secondary N) is 2. The van der Waals surface area contributed by atoms with Gasteiger partial charge in [0.05, 0.1) is 6.54 Å². The van der Waals surface area contributed by atoms with E-state index < -0.39 is 0 Å². The Morgan fingerprint density at radius 2 is 2.32 bits per heavy atom. The molecule has 1 aromatic rings. The van der Waals surface area contributed by atoms with E-state index in [2.05, 4.69) is 15.5 Å². The average molecular weight is 261 g/mol. The van der Waals surface area contributed by atoms with Crippen molar-refractivity contribution in [2.45, 2.75) is 13.3 Å². The number of carbonyl (C=O) groups excluding carboxylic acids is 1. The van der Waals surface area contributed by atoms with Gasteiger partial charge in [0.15, 0.2) is 0 Å². The molecule has 1 heterocycles. The molecule has 19 heavy (non-hydrogen) atoms. The summed E-state index contributed by atoms with van der Waals surface area (Å²) in [5, 5.41) is 6.16. The molecule has 0 bridgehead atoms. The number of benzene rings is 1. The SMILES string of the molecule is CNCC1CCN(CC(=O)Nc2cccc(C)c2)C1.